The fourth-order valence-electron chi connectivity index (χ4n) is 2.55. The normalized spacial score (nSPS) is 12.6. The molecule has 6 heteroatoms. The lowest BCUT2D eigenvalue weighted by molar-refractivity contribution is -0.137. The van der Waals surface area contributed by atoms with E-state index in [0.717, 1.165) is 11.1 Å². The van der Waals surface area contributed by atoms with Crippen molar-refractivity contribution in [2.45, 2.75) is 31.4 Å². The first kappa shape index (κ1) is 18.8. The van der Waals surface area contributed by atoms with Gasteiger partial charge in [-0.05, 0) is 29.7 Å². The molecule has 0 fully saturated rings. The molecule has 0 amide bonds. The molecule has 3 nitrogen and oxygen atoms in total. The van der Waals surface area contributed by atoms with Crippen LogP contribution in [0.15, 0.2) is 54.6 Å². The molecule has 0 aliphatic rings. The third-order valence-electron chi connectivity index (χ3n) is 3.74. The molecule has 1 unspecified atom stereocenters. The number of halogens is 3. The zero-order chi connectivity index (χ0) is 18.3. The number of ether oxygens (including phenoxy) is 1. The highest BCUT2D eigenvalue weighted by atomic mass is 19.4. The van der Waals surface area contributed by atoms with Crippen LogP contribution in [-0.4, -0.2) is 23.9 Å². The standard InChI is InChI=1S/C19H19F3O3/c20-19(21,22)11-4-12-25-16-9-7-15(8-10-16)17(13-18(23)24)14-5-2-1-3-6-14/h1-3,5-10,17H,4,11-13H2,(H,23,24). The Bertz CT molecular complexity index is 667. The molecule has 0 saturated carbocycles. The Morgan fingerprint density at radius 2 is 1.60 bits per heavy atom. The molecule has 1 atom stereocenters. The van der Waals surface area contributed by atoms with Crippen molar-refractivity contribution in [2.75, 3.05) is 6.61 Å². The van der Waals surface area contributed by atoms with Crippen LogP contribution in [0.1, 0.15) is 36.3 Å². The Kier molecular flexibility index (Phi) is 6.44. The van der Waals surface area contributed by atoms with Crippen LogP contribution in [0.25, 0.3) is 0 Å². The zero-order valence-corrected chi connectivity index (χ0v) is 13.5. The first-order chi connectivity index (χ1) is 11.8. The maximum atomic E-state index is 12.1. The van der Waals surface area contributed by atoms with E-state index in [1.807, 2.05) is 30.3 Å². The fourth-order valence-corrected chi connectivity index (χ4v) is 2.55. The van der Waals surface area contributed by atoms with Gasteiger partial charge in [-0.3, -0.25) is 4.79 Å². The Morgan fingerprint density at radius 1 is 1.00 bits per heavy atom. The van der Waals surface area contributed by atoms with Gasteiger partial charge in [-0.2, -0.15) is 13.2 Å². The molecule has 0 heterocycles. The van der Waals surface area contributed by atoms with Crippen molar-refractivity contribution in [1.29, 1.82) is 0 Å². The Hall–Kier alpha value is -2.50. The number of hydrogen-bond acceptors (Lipinski definition) is 2. The van der Waals surface area contributed by atoms with Crippen LogP contribution in [-0.2, 0) is 4.79 Å². The van der Waals surface area contributed by atoms with Gasteiger partial charge in [0, 0.05) is 12.3 Å². The van der Waals surface area contributed by atoms with E-state index in [-0.39, 0.29) is 25.4 Å². The highest BCUT2D eigenvalue weighted by Gasteiger charge is 2.26. The summed E-state index contributed by atoms with van der Waals surface area (Å²) in [6.07, 6.45) is -5.20. The van der Waals surface area contributed by atoms with E-state index in [0.29, 0.717) is 5.75 Å². The summed E-state index contributed by atoms with van der Waals surface area (Å²) >= 11 is 0. The molecular weight excluding hydrogens is 333 g/mol. The molecule has 0 radical (unpaired) electrons. The van der Waals surface area contributed by atoms with E-state index in [4.69, 9.17) is 9.84 Å². The average Bonchev–Trinajstić information content (AvgIpc) is 2.57. The minimum atomic E-state index is -4.17. The molecule has 0 bridgehead atoms. The van der Waals surface area contributed by atoms with Gasteiger partial charge in [0.15, 0.2) is 0 Å². The molecule has 2 aromatic rings. The summed E-state index contributed by atoms with van der Waals surface area (Å²) in [6, 6.07) is 16.1. The first-order valence-corrected chi connectivity index (χ1v) is 7.91. The van der Waals surface area contributed by atoms with Gasteiger partial charge in [-0.25, -0.2) is 0 Å². The van der Waals surface area contributed by atoms with Gasteiger partial charge in [-0.1, -0.05) is 42.5 Å². The monoisotopic (exact) mass is 352 g/mol. The van der Waals surface area contributed by atoms with E-state index >= 15 is 0 Å². The highest BCUT2D eigenvalue weighted by Crippen LogP contribution is 2.29. The number of rotatable bonds is 8. The molecule has 0 saturated heterocycles. The van der Waals surface area contributed by atoms with Crippen LogP contribution in [0, 0.1) is 0 Å². The van der Waals surface area contributed by atoms with Crippen molar-refractivity contribution < 1.29 is 27.8 Å². The number of carboxylic acids is 1. The second-order valence-corrected chi connectivity index (χ2v) is 5.70. The predicted octanol–water partition coefficient (Wildman–Crippen LogP) is 5.01. The van der Waals surface area contributed by atoms with Gasteiger partial charge >= 0.3 is 12.1 Å². The molecule has 0 aliphatic heterocycles. The summed E-state index contributed by atoms with van der Waals surface area (Å²) in [4.78, 5) is 11.2. The Morgan fingerprint density at radius 3 is 2.16 bits per heavy atom. The lowest BCUT2D eigenvalue weighted by Crippen LogP contribution is -2.10. The van der Waals surface area contributed by atoms with Gasteiger partial charge in [0.1, 0.15) is 5.75 Å². The van der Waals surface area contributed by atoms with Gasteiger partial charge in [0.05, 0.1) is 13.0 Å². The average molecular weight is 352 g/mol. The quantitative estimate of drug-likeness (QED) is 0.679. The van der Waals surface area contributed by atoms with Crippen LogP contribution in [0.3, 0.4) is 0 Å². The smallest absolute Gasteiger partial charge is 0.389 e. The molecule has 0 spiro atoms. The van der Waals surface area contributed by atoms with Crippen molar-refractivity contribution in [1.82, 2.24) is 0 Å². The fraction of sp³-hybridized carbons (Fsp3) is 0.316. The lowest BCUT2D eigenvalue weighted by Gasteiger charge is -2.16. The minimum Gasteiger partial charge on any atom is -0.494 e. The summed E-state index contributed by atoms with van der Waals surface area (Å²) in [5.74, 6) is -0.729. The van der Waals surface area contributed by atoms with E-state index in [9.17, 15) is 18.0 Å². The summed E-state index contributed by atoms with van der Waals surface area (Å²) in [7, 11) is 0. The predicted molar refractivity (Wildman–Crippen MR) is 87.8 cm³/mol. The van der Waals surface area contributed by atoms with Crippen molar-refractivity contribution in [3.05, 3.63) is 65.7 Å². The first-order valence-electron chi connectivity index (χ1n) is 7.91. The summed E-state index contributed by atoms with van der Waals surface area (Å²) in [5.41, 5.74) is 1.71. The molecule has 0 aliphatic carbocycles. The third kappa shape index (κ3) is 6.49. The SMILES string of the molecule is O=C(O)CC(c1ccccc1)c1ccc(OCCCC(F)(F)F)cc1. The topological polar surface area (TPSA) is 46.5 Å². The Balaban J connectivity index is 2.02. The second-order valence-electron chi connectivity index (χ2n) is 5.70. The van der Waals surface area contributed by atoms with Gasteiger partial charge in [0.2, 0.25) is 0 Å². The van der Waals surface area contributed by atoms with E-state index in [1.165, 1.54) is 0 Å². The number of hydrogen-bond donors (Lipinski definition) is 1. The Labute approximate surface area is 144 Å². The number of alkyl halides is 3. The molecule has 0 aromatic heterocycles. The summed E-state index contributed by atoms with van der Waals surface area (Å²) < 4.78 is 41.6. The van der Waals surface area contributed by atoms with Crippen LogP contribution >= 0.6 is 0 Å². The summed E-state index contributed by atoms with van der Waals surface area (Å²) in [6.45, 7) is -0.0178. The lowest BCUT2D eigenvalue weighted by atomic mass is 9.88. The van der Waals surface area contributed by atoms with Crippen molar-refractivity contribution >= 4 is 5.97 Å². The van der Waals surface area contributed by atoms with Gasteiger partial charge < -0.3 is 9.84 Å². The van der Waals surface area contributed by atoms with Crippen LogP contribution < -0.4 is 4.74 Å². The van der Waals surface area contributed by atoms with Crippen LogP contribution in [0.4, 0.5) is 13.2 Å². The highest BCUT2D eigenvalue weighted by molar-refractivity contribution is 5.69. The van der Waals surface area contributed by atoms with Crippen molar-refractivity contribution in [3.8, 4) is 5.75 Å². The van der Waals surface area contributed by atoms with E-state index in [1.54, 1.807) is 24.3 Å². The number of aliphatic carboxylic acids is 1. The molecule has 2 rings (SSSR count). The number of benzene rings is 2. The van der Waals surface area contributed by atoms with Crippen molar-refractivity contribution in [2.24, 2.45) is 0 Å². The third-order valence-corrected chi connectivity index (χ3v) is 3.74. The van der Waals surface area contributed by atoms with Gasteiger partial charge in [-0.15, -0.1) is 0 Å². The van der Waals surface area contributed by atoms with E-state index < -0.39 is 18.6 Å². The minimum absolute atomic E-state index is 0.0178. The molecule has 25 heavy (non-hydrogen) atoms. The maximum absolute atomic E-state index is 12.1. The molecule has 134 valence electrons. The summed E-state index contributed by atoms with van der Waals surface area (Å²) in [5, 5.41) is 9.15. The zero-order valence-electron chi connectivity index (χ0n) is 13.5. The molecule has 1 N–H and O–H groups in total. The molecular formula is C19H19F3O3. The van der Waals surface area contributed by atoms with Crippen LogP contribution in [0.2, 0.25) is 0 Å². The largest absolute Gasteiger partial charge is 0.494 e. The van der Waals surface area contributed by atoms with E-state index in [2.05, 4.69) is 0 Å². The van der Waals surface area contributed by atoms with Crippen LogP contribution in [0.5, 0.6) is 5.75 Å². The molecule has 2 aromatic carbocycles. The second kappa shape index (κ2) is 8.55. The van der Waals surface area contributed by atoms with Gasteiger partial charge in [0.25, 0.3) is 0 Å². The maximum Gasteiger partial charge on any atom is 0.389 e. The number of carbonyl (C=O) groups is 1. The van der Waals surface area contributed by atoms with Crippen molar-refractivity contribution in [3.63, 3.8) is 0 Å². The number of carboxylic acid groups (broad SMARTS) is 1.